The number of nitriles is 1. The Morgan fingerprint density at radius 2 is 1.79 bits per heavy atom. The van der Waals surface area contributed by atoms with E-state index in [9.17, 15) is 14.9 Å². The summed E-state index contributed by atoms with van der Waals surface area (Å²) in [7, 11) is 0. The standard InChI is InChI=1S/C23H19ClN2O2S/c1-14-21(15(2)27)22(17-10-6-7-11-19(17)24)18(12-25)23(26-14)29-13-20(28)16-8-4-3-5-9-16/h3-11,22,26H,13H2,1-2H3/t22-/m1/s1. The van der Waals surface area contributed by atoms with Crippen molar-refractivity contribution in [3.05, 3.63) is 92.6 Å². The average Bonchev–Trinajstić information content (AvgIpc) is 2.72. The third-order valence-corrected chi connectivity index (χ3v) is 6.05. The van der Waals surface area contributed by atoms with Crippen LogP contribution in [0.4, 0.5) is 0 Å². The maximum Gasteiger partial charge on any atom is 0.173 e. The van der Waals surface area contributed by atoms with Crippen molar-refractivity contribution in [3.63, 3.8) is 0 Å². The molecule has 0 aliphatic carbocycles. The van der Waals surface area contributed by atoms with Crippen LogP contribution in [0, 0.1) is 11.3 Å². The van der Waals surface area contributed by atoms with E-state index in [1.807, 2.05) is 30.3 Å². The van der Waals surface area contributed by atoms with Crippen LogP contribution in [0.15, 0.2) is 76.5 Å². The lowest BCUT2D eigenvalue weighted by atomic mass is 9.81. The Bertz CT molecular complexity index is 1070. The summed E-state index contributed by atoms with van der Waals surface area (Å²) in [5, 5.41) is 14.2. The second kappa shape index (κ2) is 9.13. The van der Waals surface area contributed by atoms with Crippen LogP contribution in [-0.2, 0) is 4.79 Å². The van der Waals surface area contributed by atoms with Crippen LogP contribution in [0.3, 0.4) is 0 Å². The number of ketones is 2. The summed E-state index contributed by atoms with van der Waals surface area (Å²) < 4.78 is 0. The maximum absolute atomic E-state index is 12.5. The van der Waals surface area contributed by atoms with E-state index in [-0.39, 0.29) is 17.3 Å². The molecule has 0 spiro atoms. The number of carbonyl (C=O) groups is 2. The summed E-state index contributed by atoms with van der Waals surface area (Å²) in [6.45, 7) is 3.28. The summed E-state index contributed by atoms with van der Waals surface area (Å²) in [4.78, 5) is 24.9. The highest BCUT2D eigenvalue weighted by atomic mass is 35.5. The molecule has 0 amide bonds. The Hall–Kier alpha value is -2.81. The molecule has 0 saturated heterocycles. The lowest BCUT2D eigenvalue weighted by Gasteiger charge is -2.29. The zero-order chi connectivity index (χ0) is 21.0. The number of nitrogens with zero attached hydrogens (tertiary/aromatic N) is 1. The smallest absolute Gasteiger partial charge is 0.173 e. The highest BCUT2D eigenvalue weighted by Gasteiger charge is 2.34. The number of carbonyl (C=O) groups excluding carboxylic acids is 2. The molecule has 1 aliphatic rings. The molecule has 0 saturated carbocycles. The SMILES string of the molecule is CC(=O)C1=C(C)NC(SCC(=O)c2ccccc2)=C(C#N)[C@H]1c1ccccc1Cl. The van der Waals surface area contributed by atoms with Gasteiger partial charge in [-0.05, 0) is 25.5 Å². The predicted molar refractivity (Wildman–Crippen MR) is 117 cm³/mol. The summed E-state index contributed by atoms with van der Waals surface area (Å²) in [6, 6.07) is 18.5. The lowest BCUT2D eigenvalue weighted by Crippen LogP contribution is -2.27. The highest BCUT2D eigenvalue weighted by Crippen LogP contribution is 2.43. The summed E-state index contributed by atoms with van der Waals surface area (Å²) in [5.74, 6) is -0.551. The van der Waals surface area contributed by atoms with E-state index in [0.717, 1.165) is 0 Å². The van der Waals surface area contributed by atoms with Crippen molar-refractivity contribution in [2.45, 2.75) is 19.8 Å². The number of rotatable bonds is 6. The van der Waals surface area contributed by atoms with Gasteiger partial charge in [0.1, 0.15) is 0 Å². The van der Waals surface area contributed by atoms with Crippen molar-refractivity contribution in [2.24, 2.45) is 0 Å². The number of nitrogens with one attached hydrogen (secondary N) is 1. The molecule has 6 heteroatoms. The molecule has 1 aliphatic heterocycles. The van der Waals surface area contributed by atoms with Crippen molar-refractivity contribution < 1.29 is 9.59 Å². The minimum atomic E-state index is -0.568. The molecule has 0 radical (unpaired) electrons. The first kappa shape index (κ1) is 20.9. The predicted octanol–water partition coefficient (Wildman–Crippen LogP) is 5.24. The highest BCUT2D eigenvalue weighted by molar-refractivity contribution is 8.03. The van der Waals surface area contributed by atoms with Crippen LogP contribution in [0.2, 0.25) is 5.02 Å². The van der Waals surface area contributed by atoms with E-state index >= 15 is 0 Å². The van der Waals surface area contributed by atoms with Gasteiger partial charge in [-0.1, -0.05) is 71.9 Å². The Balaban J connectivity index is 1.99. The van der Waals surface area contributed by atoms with Crippen LogP contribution < -0.4 is 5.32 Å². The van der Waals surface area contributed by atoms with Gasteiger partial charge in [0.05, 0.1) is 28.3 Å². The number of thioether (sulfide) groups is 1. The van der Waals surface area contributed by atoms with Gasteiger partial charge in [0.25, 0.3) is 0 Å². The number of dihydropyridines is 1. The van der Waals surface area contributed by atoms with Gasteiger partial charge in [-0.3, -0.25) is 9.59 Å². The van der Waals surface area contributed by atoms with Crippen molar-refractivity contribution in [1.82, 2.24) is 5.32 Å². The molecule has 146 valence electrons. The maximum atomic E-state index is 12.5. The molecular formula is C23H19ClN2O2S. The lowest BCUT2D eigenvalue weighted by molar-refractivity contribution is -0.113. The van der Waals surface area contributed by atoms with Gasteiger partial charge < -0.3 is 5.32 Å². The van der Waals surface area contributed by atoms with Gasteiger partial charge in [0.2, 0.25) is 0 Å². The number of halogens is 1. The molecule has 2 aromatic carbocycles. The van der Waals surface area contributed by atoms with Gasteiger partial charge in [-0.25, -0.2) is 0 Å². The van der Waals surface area contributed by atoms with Gasteiger partial charge in [-0.2, -0.15) is 5.26 Å². The van der Waals surface area contributed by atoms with E-state index in [0.29, 0.717) is 38.0 Å². The molecule has 1 N–H and O–H groups in total. The molecule has 2 aromatic rings. The van der Waals surface area contributed by atoms with Crippen LogP contribution in [0.25, 0.3) is 0 Å². The zero-order valence-electron chi connectivity index (χ0n) is 16.0. The first-order valence-corrected chi connectivity index (χ1v) is 10.4. The summed E-state index contributed by atoms with van der Waals surface area (Å²) >= 11 is 7.67. The minimum Gasteiger partial charge on any atom is -0.353 e. The van der Waals surface area contributed by atoms with Crippen molar-refractivity contribution in [1.29, 1.82) is 5.26 Å². The second-order valence-corrected chi connectivity index (χ2v) is 8.00. The first-order valence-electron chi connectivity index (χ1n) is 9.02. The van der Waals surface area contributed by atoms with E-state index < -0.39 is 5.92 Å². The van der Waals surface area contributed by atoms with Gasteiger partial charge >= 0.3 is 0 Å². The molecule has 1 heterocycles. The van der Waals surface area contributed by atoms with Crippen LogP contribution in [0.5, 0.6) is 0 Å². The number of hydrogen-bond acceptors (Lipinski definition) is 5. The van der Waals surface area contributed by atoms with Crippen molar-refractivity contribution >= 4 is 34.9 Å². The van der Waals surface area contributed by atoms with Crippen molar-refractivity contribution in [3.8, 4) is 6.07 Å². The van der Waals surface area contributed by atoms with Crippen LogP contribution >= 0.6 is 23.4 Å². The Morgan fingerprint density at radius 3 is 2.41 bits per heavy atom. The zero-order valence-corrected chi connectivity index (χ0v) is 17.6. The monoisotopic (exact) mass is 422 g/mol. The van der Waals surface area contributed by atoms with Crippen LogP contribution in [0.1, 0.15) is 35.7 Å². The number of benzene rings is 2. The van der Waals surface area contributed by atoms with Gasteiger partial charge in [-0.15, -0.1) is 0 Å². The van der Waals surface area contributed by atoms with Gasteiger partial charge in [0, 0.05) is 21.9 Å². The molecule has 0 unspecified atom stereocenters. The summed E-state index contributed by atoms with van der Waals surface area (Å²) in [5.41, 5.74) is 2.88. The number of hydrogen-bond donors (Lipinski definition) is 1. The summed E-state index contributed by atoms with van der Waals surface area (Å²) in [6.07, 6.45) is 0. The number of allylic oxidation sites excluding steroid dienone is 3. The molecule has 0 bridgehead atoms. The van der Waals surface area contributed by atoms with Crippen molar-refractivity contribution in [2.75, 3.05) is 5.75 Å². The second-order valence-electron chi connectivity index (χ2n) is 6.61. The molecule has 1 atom stereocenters. The molecule has 29 heavy (non-hydrogen) atoms. The molecule has 4 nitrogen and oxygen atoms in total. The van der Waals surface area contributed by atoms with E-state index in [1.165, 1.54) is 18.7 Å². The topological polar surface area (TPSA) is 70.0 Å². The largest absolute Gasteiger partial charge is 0.353 e. The van der Waals surface area contributed by atoms with Gasteiger partial charge in [0.15, 0.2) is 11.6 Å². The first-order chi connectivity index (χ1) is 13.9. The normalized spacial score (nSPS) is 16.3. The minimum absolute atomic E-state index is 0.0320. The number of Topliss-reactive ketones (excluding diaryl/α,β-unsaturated/α-hetero) is 2. The fraction of sp³-hybridized carbons (Fsp3) is 0.174. The molecule has 0 aromatic heterocycles. The van der Waals surface area contributed by atoms with E-state index in [4.69, 9.17) is 11.6 Å². The fourth-order valence-electron chi connectivity index (χ4n) is 3.36. The van der Waals surface area contributed by atoms with E-state index in [1.54, 1.807) is 31.2 Å². The Labute approximate surface area is 179 Å². The Kier molecular flexibility index (Phi) is 6.58. The fourth-order valence-corrected chi connectivity index (χ4v) is 4.59. The van der Waals surface area contributed by atoms with Crippen LogP contribution in [-0.4, -0.2) is 17.3 Å². The molecule has 3 rings (SSSR count). The molecule has 0 fully saturated rings. The molecular weight excluding hydrogens is 404 g/mol. The third-order valence-electron chi connectivity index (χ3n) is 4.69. The average molecular weight is 423 g/mol. The Morgan fingerprint density at radius 1 is 1.14 bits per heavy atom. The van der Waals surface area contributed by atoms with E-state index in [2.05, 4.69) is 11.4 Å². The third kappa shape index (κ3) is 4.45. The quantitative estimate of drug-likeness (QED) is 0.644.